The minimum Gasteiger partial charge on any atom is -0.386 e. The molecule has 0 radical (unpaired) electrons. The third-order valence-electron chi connectivity index (χ3n) is 3.36. The van der Waals surface area contributed by atoms with Crippen molar-refractivity contribution < 1.29 is 9.50 Å². The van der Waals surface area contributed by atoms with Gasteiger partial charge < -0.3 is 10.0 Å². The van der Waals surface area contributed by atoms with Crippen LogP contribution in [0.4, 0.5) is 4.39 Å². The van der Waals surface area contributed by atoms with Crippen molar-refractivity contribution in [3.05, 3.63) is 29.8 Å². The molecule has 1 heterocycles. The van der Waals surface area contributed by atoms with E-state index in [1.807, 2.05) is 6.92 Å². The second-order valence-corrected chi connectivity index (χ2v) is 5.41. The number of aliphatic hydroxyl groups excluding tert-OH is 1. The maximum Gasteiger partial charge on any atom is 0.141 e. The molecule has 1 N–H and O–H groups in total. The van der Waals surface area contributed by atoms with E-state index in [2.05, 4.69) is 30.7 Å². The van der Waals surface area contributed by atoms with Crippen LogP contribution in [0.3, 0.4) is 0 Å². The van der Waals surface area contributed by atoms with Crippen LogP contribution in [-0.4, -0.2) is 34.1 Å². The van der Waals surface area contributed by atoms with E-state index in [0.29, 0.717) is 11.7 Å². The standard InChI is InChI=1S/C15H25FN2O/c1-5-8-18(11(2)3)10-12(4)15(19)14-7-6-13(16)9-17-14/h6-7,9,11-12,15,19H,5,8,10H2,1-4H3. The monoisotopic (exact) mass is 268 g/mol. The molecular weight excluding hydrogens is 243 g/mol. The summed E-state index contributed by atoms with van der Waals surface area (Å²) in [6.07, 6.45) is 1.59. The van der Waals surface area contributed by atoms with Crippen LogP contribution in [-0.2, 0) is 0 Å². The highest BCUT2D eigenvalue weighted by Crippen LogP contribution is 2.21. The van der Waals surface area contributed by atoms with Crippen molar-refractivity contribution in [1.82, 2.24) is 9.88 Å². The van der Waals surface area contributed by atoms with Gasteiger partial charge in [-0.05, 0) is 38.9 Å². The molecule has 0 saturated heterocycles. The summed E-state index contributed by atoms with van der Waals surface area (Å²) in [6.45, 7) is 10.3. The predicted octanol–water partition coefficient (Wildman–Crippen LogP) is 3.01. The summed E-state index contributed by atoms with van der Waals surface area (Å²) in [6, 6.07) is 3.34. The Hall–Kier alpha value is -1.00. The molecule has 0 spiro atoms. The fourth-order valence-corrected chi connectivity index (χ4v) is 2.17. The van der Waals surface area contributed by atoms with Crippen LogP contribution in [0.2, 0.25) is 0 Å². The smallest absolute Gasteiger partial charge is 0.141 e. The maximum atomic E-state index is 12.8. The van der Waals surface area contributed by atoms with Gasteiger partial charge in [0, 0.05) is 18.5 Å². The van der Waals surface area contributed by atoms with Crippen LogP contribution in [0.25, 0.3) is 0 Å². The lowest BCUT2D eigenvalue weighted by Gasteiger charge is -2.30. The Morgan fingerprint density at radius 2 is 2.00 bits per heavy atom. The van der Waals surface area contributed by atoms with Crippen molar-refractivity contribution in [3.8, 4) is 0 Å². The molecule has 2 unspecified atom stereocenters. The molecule has 1 aromatic heterocycles. The van der Waals surface area contributed by atoms with Crippen LogP contribution in [0.15, 0.2) is 18.3 Å². The van der Waals surface area contributed by atoms with Gasteiger partial charge >= 0.3 is 0 Å². The van der Waals surface area contributed by atoms with Gasteiger partial charge in [-0.2, -0.15) is 0 Å². The third-order valence-corrected chi connectivity index (χ3v) is 3.36. The number of halogens is 1. The van der Waals surface area contributed by atoms with Gasteiger partial charge in [-0.3, -0.25) is 4.98 Å². The molecule has 0 aromatic carbocycles. The van der Waals surface area contributed by atoms with E-state index in [-0.39, 0.29) is 11.7 Å². The van der Waals surface area contributed by atoms with Gasteiger partial charge in [0.25, 0.3) is 0 Å². The summed E-state index contributed by atoms with van der Waals surface area (Å²) in [5, 5.41) is 10.3. The minimum atomic E-state index is -0.654. The molecule has 108 valence electrons. The van der Waals surface area contributed by atoms with Crippen LogP contribution in [0.1, 0.15) is 45.9 Å². The van der Waals surface area contributed by atoms with Crippen LogP contribution < -0.4 is 0 Å². The van der Waals surface area contributed by atoms with E-state index in [0.717, 1.165) is 25.7 Å². The Labute approximate surface area is 115 Å². The third kappa shape index (κ3) is 4.88. The first-order valence-corrected chi connectivity index (χ1v) is 6.99. The second-order valence-electron chi connectivity index (χ2n) is 5.41. The number of aromatic nitrogens is 1. The molecule has 0 aliphatic rings. The zero-order valence-electron chi connectivity index (χ0n) is 12.3. The highest BCUT2D eigenvalue weighted by atomic mass is 19.1. The SMILES string of the molecule is CCCN(CC(C)C(O)c1ccc(F)cn1)C(C)C. The molecule has 0 aliphatic heterocycles. The first kappa shape index (κ1) is 16.1. The maximum absolute atomic E-state index is 12.8. The van der Waals surface area contributed by atoms with E-state index < -0.39 is 6.10 Å². The van der Waals surface area contributed by atoms with E-state index >= 15 is 0 Å². The minimum absolute atomic E-state index is 0.0620. The largest absolute Gasteiger partial charge is 0.386 e. The van der Waals surface area contributed by atoms with Crippen LogP contribution in [0.5, 0.6) is 0 Å². The topological polar surface area (TPSA) is 36.4 Å². The van der Waals surface area contributed by atoms with Gasteiger partial charge in [0.15, 0.2) is 0 Å². The molecule has 0 saturated carbocycles. The summed E-state index contributed by atoms with van der Waals surface area (Å²) >= 11 is 0. The molecule has 4 heteroatoms. The molecule has 0 fully saturated rings. The fourth-order valence-electron chi connectivity index (χ4n) is 2.17. The molecular formula is C15H25FN2O. The lowest BCUT2D eigenvalue weighted by atomic mass is 10.00. The van der Waals surface area contributed by atoms with Gasteiger partial charge in [-0.25, -0.2) is 4.39 Å². The van der Waals surface area contributed by atoms with Gasteiger partial charge in [0.2, 0.25) is 0 Å². The second kappa shape index (κ2) is 7.56. The highest BCUT2D eigenvalue weighted by molar-refractivity contribution is 5.08. The lowest BCUT2D eigenvalue weighted by Crippen LogP contribution is -2.37. The molecule has 19 heavy (non-hydrogen) atoms. The highest BCUT2D eigenvalue weighted by Gasteiger charge is 2.21. The number of hydrogen-bond acceptors (Lipinski definition) is 3. The number of rotatable bonds is 7. The zero-order valence-corrected chi connectivity index (χ0v) is 12.3. The van der Waals surface area contributed by atoms with Crippen molar-refractivity contribution in [2.24, 2.45) is 5.92 Å². The van der Waals surface area contributed by atoms with Gasteiger partial charge in [0.05, 0.1) is 18.0 Å². The summed E-state index contributed by atoms with van der Waals surface area (Å²) in [7, 11) is 0. The van der Waals surface area contributed by atoms with E-state index in [9.17, 15) is 9.50 Å². The van der Waals surface area contributed by atoms with E-state index in [1.54, 1.807) is 6.07 Å². The van der Waals surface area contributed by atoms with Crippen LogP contribution >= 0.6 is 0 Å². The van der Waals surface area contributed by atoms with Crippen molar-refractivity contribution in [3.63, 3.8) is 0 Å². The lowest BCUT2D eigenvalue weighted by molar-refractivity contribution is 0.0753. The Morgan fingerprint density at radius 3 is 2.47 bits per heavy atom. The Morgan fingerprint density at radius 1 is 1.32 bits per heavy atom. The molecule has 1 aromatic rings. The first-order chi connectivity index (χ1) is 8.95. The quantitative estimate of drug-likeness (QED) is 0.826. The summed E-state index contributed by atoms with van der Waals surface area (Å²) < 4.78 is 12.8. The number of nitrogens with zero attached hydrogens (tertiary/aromatic N) is 2. The average molecular weight is 268 g/mol. The molecule has 0 bridgehead atoms. The Kier molecular flexibility index (Phi) is 6.38. The average Bonchev–Trinajstić information content (AvgIpc) is 2.38. The van der Waals surface area contributed by atoms with Crippen molar-refractivity contribution >= 4 is 0 Å². The van der Waals surface area contributed by atoms with Gasteiger partial charge in [0.1, 0.15) is 5.82 Å². The predicted molar refractivity (Wildman–Crippen MR) is 75.3 cm³/mol. The Balaban J connectivity index is 2.65. The van der Waals surface area contributed by atoms with E-state index in [4.69, 9.17) is 0 Å². The number of aliphatic hydroxyl groups is 1. The van der Waals surface area contributed by atoms with Crippen molar-refractivity contribution in [2.75, 3.05) is 13.1 Å². The molecule has 3 nitrogen and oxygen atoms in total. The molecule has 2 atom stereocenters. The fraction of sp³-hybridized carbons (Fsp3) is 0.667. The Bertz CT molecular complexity index is 367. The van der Waals surface area contributed by atoms with Crippen molar-refractivity contribution in [2.45, 2.75) is 46.3 Å². The summed E-state index contributed by atoms with van der Waals surface area (Å²) in [5.74, 6) is -0.315. The molecule has 0 aliphatic carbocycles. The van der Waals surface area contributed by atoms with Gasteiger partial charge in [-0.1, -0.05) is 13.8 Å². The molecule has 0 amide bonds. The summed E-state index contributed by atoms with van der Waals surface area (Å²) in [5.41, 5.74) is 0.536. The van der Waals surface area contributed by atoms with Gasteiger partial charge in [-0.15, -0.1) is 0 Å². The number of pyridine rings is 1. The van der Waals surface area contributed by atoms with Crippen LogP contribution in [0, 0.1) is 11.7 Å². The van der Waals surface area contributed by atoms with Crippen molar-refractivity contribution in [1.29, 1.82) is 0 Å². The zero-order chi connectivity index (χ0) is 14.4. The normalized spacial score (nSPS) is 14.9. The summed E-state index contributed by atoms with van der Waals surface area (Å²) in [4.78, 5) is 6.30. The molecule has 1 rings (SSSR count). The number of hydrogen-bond donors (Lipinski definition) is 1. The van der Waals surface area contributed by atoms with E-state index in [1.165, 1.54) is 6.07 Å². The first-order valence-electron chi connectivity index (χ1n) is 6.99.